The number of aromatic nitrogens is 2. The fraction of sp³-hybridized carbons (Fsp3) is 0.261. The van der Waals surface area contributed by atoms with Gasteiger partial charge in [0.25, 0.3) is 0 Å². The van der Waals surface area contributed by atoms with E-state index in [9.17, 15) is 4.79 Å². The van der Waals surface area contributed by atoms with Crippen LogP contribution < -0.4 is 0 Å². The standard InChI is InChI=1S/C23H22N2OS/c1-16-19-14-8-9-15-20(19)25-23(24-16)27-22(18-12-6-3-7-13-18)21(26)17-10-4-2-5-11-17/h2-7,10-13,22H,8-9,14-15H2,1H3. The normalized spacial score (nSPS) is 14.4. The van der Waals surface area contributed by atoms with Gasteiger partial charge in [0.1, 0.15) is 5.25 Å². The van der Waals surface area contributed by atoms with Crippen LogP contribution >= 0.6 is 11.8 Å². The summed E-state index contributed by atoms with van der Waals surface area (Å²) in [4.78, 5) is 22.8. The highest BCUT2D eigenvalue weighted by Crippen LogP contribution is 2.37. The molecule has 0 saturated carbocycles. The van der Waals surface area contributed by atoms with Gasteiger partial charge >= 0.3 is 0 Å². The molecule has 1 atom stereocenters. The maximum absolute atomic E-state index is 13.2. The summed E-state index contributed by atoms with van der Waals surface area (Å²) < 4.78 is 0. The summed E-state index contributed by atoms with van der Waals surface area (Å²) >= 11 is 1.46. The molecule has 1 aliphatic carbocycles. The van der Waals surface area contributed by atoms with Gasteiger partial charge in [-0.2, -0.15) is 0 Å². The topological polar surface area (TPSA) is 42.9 Å². The number of carbonyl (C=O) groups excluding carboxylic acids is 1. The quantitative estimate of drug-likeness (QED) is 0.342. The van der Waals surface area contributed by atoms with Gasteiger partial charge in [0.2, 0.25) is 0 Å². The van der Waals surface area contributed by atoms with Crippen LogP contribution in [0.1, 0.15) is 51.0 Å². The van der Waals surface area contributed by atoms with Crippen LogP contribution in [0.2, 0.25) is 0 Å². The van der Waals surface area contributed by atoms with Crippen molar-refractivity contribution >= 4 is 17.5 Å². The first-order chi connectivity index (χ1) is 13.2. The Hall–Kier alpha value is -2.46. The lowest BCUT2D eigenvalue weighted by Gasteiger charge is -2.19. The maximum atomic E-state index is 13.2. The van der Waals surface area contributed by atoms with E-state index in [0.29, 0.717) is 10.7 Å². The van der Waals surface area contributed by atoms with E-state index in [1.807, 2.05) is 60.7 Å². The Bertz CT molecular complexity index is 941. The number of aryl methyl sites for hydroxylation is 2. The second-order valence-electron chi connectivity index (χ2n) is 6.86. The first kappa shape index (κ1) is 17.9. The molecule has 2 aromatic carbocycles. The predicted octanol–water partition coefficient (Wildman–Crippen LogP) is 5.38. The van der Waals surface area contributed by atoms with Gasteiger partial charge in [-0.05, 0) is 43.7 Å². The van der Waals surface area contributed by atoms with E-state index in [1.165, 1.54) is 30.2 Å². The van der Waals surface area contributed by atoms with E-state index in [1.54, 1.807) is 0 Å². The Morgan fingerprint density at radius 2 is 1.59 bits per heavy atom. The van der Waals surface area contributed by atoms with Crippen molar-refractivity contribution in [2.75, 3.05) is 0 Å². The van der Waals surface area contributed by atoms with E-state index in [2.05, 4.69) is 6.92 Å². The number of thioether (sulfide) groups is 1. The number of rotatable bonds is 5. The van der Waals surface area contributed by atoms with Crippen LogP contribution in [0.5, 0.6) is 0 Å². The average molecular weight is 375 g/mol. The van der Waals surface area contributed by atoms with E-state index in [-0.39, 0.29) is 11.0 Å². The van der Waals surface area contributed by atoms with Crippen molar-refractivity contribution in [2.24, 2.45) is 0 Å². The molecular weight excluding hydrogens is 352 g/mol. The highest BCUT2D eigenvalue weighted by atomic mass is 32.2. The molecule has 1 aliphatic rings. The smallest absolute Gasteiger partial charge is 0.189 e. The lowest BCUT2D eigenvalue weighted by atomic mass is 9.95. The highest BCUT2D eigenvalue weighted by molar-refractivity contribution is 8.00. The zero-order valence-corrected chi connectivity index (χ0v) is 16.2. The van der Waals surface area contributed by atoms with Gasteiger partial charge in [-0.3, -0.25) is 4.79 Å². The van der Waals surface area contributed by atoms with Crippen molar-refractivity contribution in [3.8, 4) is 0 Å². The molecule has 1 aromatic heterocycles. The Morgan fingerprint density at radius 3 is 2.33 bits per heavy atom. The summed E-state index contributed by atoms with van der Waals surface area (Å²) in [5.74, 6) is 0.0887. The largest absolute Gasteiger partial charge is 0.293 e. The van der Waals surface area contributed by atoms with Crippen LogP contribution in [0.25, 0.3) is 0 Å². The summed E-state index contributed by atoms with van der Waals surface area (Å²) in [7, 11) is 0. The molecule has 0 N–H and O–H groups in total. The summed E-state index contributed by atoms with van der Waals surface area (Å²) in [6, 6.07) is 19.4. The third-order valence-corrected chi connectivity index (χ3v) is 6.11. The maximum Gasteiger partial charge on any atom is 0.189 e. The van der Waals surface area contributed by atoms with Crippen molar-refractivity contribution in [1.82, 2.24) is 9.97 Å². The third-order valence-electron chi connectivity index (χ3n) is 4.99. The molecule has 0 fully saturated rings. The minimum Gasteiger partial charge on any atom is -0.293 e. The molecule has 0 bridgehead atoms. The van der Waals surface area contributed by atoms with Crippen molar-refractivity contribution in [1.29, 1.82) is 0 Å². The molecule has 27 heavy (non-hydrogen) atoms. The minimum atomic E-state index is -0.352. The van der Waals surface area contributed by atoms with Gasteiger partial charge in [-0.1, -0.05) is 72.4 Å². The van der Waals surface area contributed by atoms with Crippen molar-refractivity contribution in [2.45, 2.75) is 43.0 Å². The number of carbonyl (C=O) groups is 1. The Balaban J connectivity index is 1.70. The average Bonchev–Trinajstić information content (AvgIpc) is 2.73. The lowest BCUT2D eigenvalue weighted by molar-refractivity contribution is 0.0989. The van der Waals surface area contributed by atoms with Crippen molar-refractivity contribution < 1.29 is 4.79 Å². The molecule has 3 aromatic rings. The van der Waals surface area contributed by atoms with E-state index >= 15 is 0 Å². The number of ketones is 1. The monoisotopic (exact) mass is 374 g/mol. The fourth-order valence-electron chi connectivity index (χ4n) is 3.57. The van der Waals surface area contributed by atoms with Gasteiger partial charge in [0.05, 0.1) is 0 Å². The number of Topliss-reactive ketones (excluding diaryl/α,β-unsaturated/α-hetero) is 1. The molecule has 4 rings (SSSR count). The molecule has 0 saturated heterocycles. The highest BCUT2D eigenvalue weighted by Gasteiger charge is 2.25. The first-order valence-corrected chi connectivity index (χ1v) is 10.3. The van der Waals surface area contributed by atoms with Crippen LogP contribution in [-0.2, 0) is 12.8 Å². The molecule has 0 spiro atoms. The van der Waals surface area contributed by atoms with E-state index in [0.717, 1.165) is 29.8 Å². The number of fused-ring (bicyclic) bond motifs is 1. The van der Waals surface area contributed by atoms with E-state index in [4.69, 9.17) is 9.97 Å². The van der Waals surface area contributed by atoms with Gasteiger partial charge in [-0.15, -0.1) is 0 Å². The summed E-state index contributed by atoms with van der Waals surface area (Å²) in [6.45, 7) is 2.06. The van der Waals surface area contributed by atoms with Gasteiger partial charge in [0, 0.05) is 17.0 Å². The van der Waals surface area contributed by atoms with Gasteiger partial charge < -0.3 is 0 Å². The van der Waals surface area contributed by atoms with Crippen molar-refractivity contribution in [3.05, 3.63) is 88.7 Å². The third kappa shape index (κ3) is 3.96. The summed E-state index contributed by atoms with van der Waals surface area (Å²) in [5.41, 5.74) is 5.22. The summed E-state index contributed by atoms with van der Waals surface area (Å²) in [5, 5.41) is 0.348. The number of benzene rings is 2. The number of hydrogen-bond acceptors (Lipinski definition) is 4. The van der Waals surface area contributed by atoms with Crippen LogP contribution in [0, 0.1) is 6.92 Å². The summed E-state index contributed by atoms with van der Waals surface area (Å²) in [6.07, 6.45) is 4.47. The Morgan fingerprint density at radius 1 is 0.926 bits per heavy atom. The van der Waals surface area contributed by atoms with Gasteiger partial charge in [-0.25, -0.2) is 9.97 Å². The lowest BCUT2D eigenvalue weighted by Crippen LogP contribution is -2.13. The minimum absolute atomic E-state index is 0.0887. The number of nitrogens with zero attached hydrogens (tertiary/aromatic N) is 2. The Kier molecular flexibility index (Phi) is 5.35. The SMILES string of the molecule is Cc1nc(SC(C(=O)c2ccccc2)c2ccccc2)nc2c1CCCC2. The second kappa shape index (κ2) is 8.05. The predicted molar refractivity (Wildman–Crippen MR) is 109 cm³/mol. The van der Waals surface area contributed by atoms with Crippen LogP contribution in [0.3, 0.4) is 0 Å². The molecule has 1 heterocycles. The molecule has 3 nitrogen and oxygen atoms in total. The molecule has 136 valence electrons. The molecule has 1 unspecified atom stereocenters. The molecule has 0 radical (unpaired) electrons. The molecule has 0 aliphatic heterocycles. The number of hydrogen-bond donors (Lipinski definition) is 0. The first-order valence-electron chi connectivity index (χ1n) is 9.39. The van der Waals surface area contributed by atoms with Crippen molar-refractivity contribution in [3.63, 3.8) is 0 Å². The zero-order chi connectivity index (χ0) is 18.6. The van der Waals surface area contributed by atoms with Crippen LogP contribution in [0.4, 0.5) is 0 Å². The molecule has 4 heteroatoms. The van der Waals surface area contributed by atoms with Crippen LogP contribution in [0.15, 0.2) is 65.8 Å². The zero-order valence-electron chi connectivity index (χ0n) is 15.4. The second-order valence-corrected chi connectivity index (χ2v) is 7.94. The van der Waals surface area contributed by atoms with E-state index < -0.39 is 0 Å². The Labute approximate surface area is 164 Å². The molecular formula is C23H22N2OS. The fourth-order valence-corrected chi connectivity index (χ4v) is 4.67. The molecule has 0 amide bonds. The van der Waals surface area contributed by atoms with Crippen LogP contribution in [-0.4, -0.2) is 15.8 Å². The van der Waals surface area contributed by atoms with Gasteiger partial charge in [0.15, 0.2) is 10.9 Å².